The molecular formula is C23H20ClFN2O4S. The summed E-state index contributed by atoms with van der Waals surface area (Å²) in [6.45, 7) is 2.03. The molecule has 1 amide bonds. The van der Waals surface area contributed by atoms with Crippen LogP contribution in [0.5, 0.6) is 11.5 Å². The van der Waals surface area contributed by atoms with Gasteiger partial charge >= 0.3 is 0 Å². The summed E-state index contributed by atoms with van der Waals surface area (Å²) < 4.78 is 42.6. The molecule has 9 heteroatoms. The molecule has 3 aromatic rings. The molecule has 166 valence electrons. The number of benzene rings is 3. The molecule has 1 aliphatic rings. The van der Waals surface area contributed by atoms with Gasteiger partial charge in [0.15, 0.2) is 0 Å². The quantitative estimate of drug-likeness (QED) is 0.578. The highest BCUT2D eigenvalue weighted by atomic mass is 35.5. The van der Waals surface area contributed by atoms with Gasteiger partial charge in [0.25, 0.3) is 0 Å². The Balaban J connectivity index is 1.60. The van der Waals surface area contributed by atoms with E-state index >= 15 is 0 Å². The Morgan fingerprint density at radius 3 is 2.47 bits per heavy atom. The van der Waals surface area contributed by atoms with E-state index in [0.29, 0.717) is 34.3 Å². The number of hydrogen-bond donors (Lipinski definition) is 1. The van der Waals surface area contributed by atoms with Crippen molar-refractivity contribution < 1.29 is 22.3 Å². The first kappa shape index (κ1) is 22.3. The number of rotatable bonds is 5. The number of halogens is 2. The first-order valence-electron chi connectivity index (χ1n) is 9.78. The van der Waals surface area contributed by atoms with E-state index in [1.54, 1.807) is 42.2 Å². The average Bonchev–Trinajstić information content (AvgIpc) is 3.12. The van der Waals surface area contributed by atoms with Gasteiger partial charge in [-0.3, -0.25) is 4.79 Å². The van der Waals surface area contributed by atoms with E-state index in [-0.39, 0.29) is 29.0 Å². The minimum absolute atomic E-state index is 0.0209. The van der Waals surface area contributed by atoms with Gasteiger partial charge in [0.1, 0.15) is 17.3 Å². The van der Waals surface area contributed by atoms with E-state index < -0.39 is 10.0 Å². The van der Waals surface area contributed by atoms with Crippen LogP contribution in [0.1, 0.15) is 23.5 Å². The highest BCUT2D eigenvalue weighted by molar-refractivity contribution is 7.89. The van der Waals surface area contributed by atoms with Gasteiger partial charge in [-0.25, -0.2) is 17.9 Å². The first-order valence-corrected chi connectivity index (χ1v) is 11.7. The molecule has 0 aliphatic carbocycles. The molecule has 0 bridgehead atoms. The van der Waals surface area contributed by atoms with Crippen LogP contribution in [0.25, 0.3) is 0 Å². The number of ether oxygens (including phenoxy) is 1. The van der Waals surface area contributed by atoms with Crippen LogP contribution in [0, 0.1) is 12.7 Å². The van der Waals surface area contributed by atoms with Crippen molar-refractivity contribution in [2.24, 2.45) is 5.14 Å². The molecule has 1 aliphatic heterocycles. The smallest absolute Gasteiger partial charge is 0.238 e. The maximum Gasteiger partial charge on any atom is 0.238 e. The number of primary sulfonamides is 1. The molecule has 6 nitrogen and oxygen atoms in total. The number of aryl methyl sites for hydroxylation is 1. The van der Waals surface area contributed by atoms with Crippen LogP contribution in [-0.2, 0) is 14.8 Å². The standard InChI is InChI=1S/C23H20ClFN2O4S/c1-14-10-18(5-9-21(14)25)31-22-12-16(24)2-8-20(22)15-11-23(28)27(13-15)17-3-6-19(7-4-17)32(26,29)30/h2-10,12,15H,11,13H2,1H3,(H2,26,29,30)/t15-/m0/s1. The molecule has 3 aromatic carbocycles. The Labute approximate surface area is 190 Å². The van der Waals surface area contributed by atoms with Gasteiger partial charge in [0, 0.05) is 35.2 Å². The third kappa shape index (κ3) is 4.62. The number of nitrogens with two attached hydrogens (primary N) is 1. The monoisotopic (exact) mass is 474 g/mol. The number of amides is 1. The molecule has 0 radical (unpaired) electrons. The molecule has 4 rings (SSSR count). The molecular weight excluding hydrogens is 455 g/mol. The molecule has 0 unspecified atom stereocenters. The number of carbonyl (C=O) groups is 1. The van der Waals surface area contributed by atoms with Crippen molar-refractivity contribution in [3.8, 4) is 11.5 Å². The fraction of sp³-hybridized carbons (Fsp3) is 0.174. The van der Waals surface area contributed by atoms with Gasteiger partial charge in [0.05, 0.1) is 4.90 Å². The molecule has 1 atom stereocenters. The Morgan fingerprint density at radius 2 is 1.81 bits per heavy atom. The molecule has 2 N–H and O–H groups in total. The van der Waals surface area contributed by atoms with Crippen LogP contribution in [0.3, 0.4) is 0 Å². The van der Waals surface area contributed by atoms with Crippen LogP contribution in [0.4, 0.5) is 10.1 Å². The Hall–Kier alpha value is -2.94. The Kier molecular flexibility index (Phi) is 5.94. The largest absolute Gasteiger partial charge is 0.457 e. The van der Waals surface area contributed by atoms with Crippen LogP contribution < -0.4 is 14.8 Å². The van der Waals surface area contributed by atoms with Crippen LogP contribution in [0.2, 0.25) is 5.02 Å². The summed E-state index contributed by atoms with van der Waals surface area (Å²) in [5, 5.41) is 5.62. The summed E-state index contributed by atoms with van der Waals surface area (Å²) in [6, 6.07) is 15.5. The van der Waals surface area contributed by atoms with Crippen molar-refractivity contribution in [3.05, 3.63) is 82.6 Å². The van der Waals surface area contributed by atoms with Gasteiger partial charge < -0.3 is 9.64 Å². The van der Waals surface area contributed by atoms with Crippen LogP contribution in [0.15, 0.2) is 65.6 Å². The Bertz CT molecular complexity index is 1300. The summed E-state index contributed by atoms with van der Waals surface area (Å²) in [7, 11) is -3.81. The molecule has 32 heavy (non-hydrogen) atoms. The van der Waals surface area contributed by atoms with E-state index in [2.05, 4.69) is 0 Å². The summed E-state index contributed by atoms with van der Waals surface area (Å²) in [6.07, 6.45) is 0.247. The third-order valence-corrected chi connectivity index (χ3v) is 6.54. The van der Waals surface area contributed by atoms with Crippen molar-refractivity contribution in [1.29, 1.82) is 0 Å². The van der Waals surface area contributed by atoms with E-state index in [9.17, 15) is 17.6 Å². The minimum Gasteiger partial charge on any atom is -0.457 e. The predicted molar refractivity (Wildman–Crippen MR) is 120 cm³/mol. The second-order valence-electron chi connectivity index (χ2n) is 7.64. The van der Waals surface area contributed by atoms with Crippen LogP contribution in [-0.4, -0.2) is 20.9 Å². The van der Waals surface area contributed by atoms with Gasteiger partial charge in [-0.1, -0.05) is 17.7 Å². The molecule has 1 heterocycles. The number of carbonyl (C=O) groups excluding carboxylic acids is 1. The molecule has 0 saturated carbocycles. The zero-order valence-electron chi connectivity index (χ0n) is 17.1. The van der Waals surface area contributed by atoms with Crippen molar-refractivity contribution in [2.45, 2.75) is 24.2 Å². The number of anilines is 1. The lowest BCUT2D eigenvalue weighted by atomic mass is 9.97. The molecule has 0 aromatic heterocycles. The highest BCUT2D eigenvalue weighted by Crippen LogP contribution is 2.39. The zero-order valence-corrected chi connectivity index (χ0v) is 18.7. The first-order chi connectivity index (χ1) is 15.1. The SMILES string of the molecule is Cc1cc(Oc2cc(Cl)ccc2[C@H]2CC(=O)N(c3ccc(S(N)(=O)=O)cc3)C2)ccc1F. The fourth-order valence-electron chi connectivity index (χ4n) is 3.72. The van der Waals surface area contributed by atoms with Gasteiger partial charge in [-0.15, -0.1) is 0 Å². The molecule has 0 spiro atoms. The van der Waals surface area contributed by atoms with E-state index in [1.807, 2.05) is 6.07 Å². The number of nitrogens with zero attached hydrogens (tertiary/aromatic N) is 1. The van der Waals surface area contributed by atoms with Crippen molar-refractivity contribution >= 4 is 33.2 Å². The van der Waals surface area contributed by atoms with Crippen molar-refractivity contribution in [2.75, 3.05) is 11.4 Å². The van der Waals surface area contributed by atoms with Gasteiger partial charge in [-0.2, -0.15) is 0 Å². The average molecular weight is 475 g/mol. The van der Waals surface area contributed by atoms with E-state index in [1.165, 1.54) is 24.3 Å². The lowest BCUT2D eigenvalue weighted by molar-refractivity contribution is -0.117. The fourth-order valence-corrected chi connectivity index (χ4v) is 4.40. The molecule has 1 saturated heterocycles. The highest BCUT2D eigenvalue weighted by Gasteiger charge is 2.33. The second-order valence-corrected chi connectivity index (χ2v) is 9.64. The summed E-state index contributed by atoms with van der Waals surface area (Å²) in [4.78, 5) is 14.3. The number of sulfonamides is 1. The molecule has 1 fully saturated rings. The van der Waals surface area contributed by atoms with Gasteiger partial charge in [0.2, 0.25) is 15.9 Å². The van der Waals surface area contributed by atoms with E-state index in [4.69, 9.17) is 21.5 Å². The normalized spacial score (nSPS) is 16.4. The lowest BCUT2D eigenvalue weighted by Gasteiger charge is -2.19. The summed E-state index contributed by atoms with van der Waals surface area (Å²) >= 11 is 6.17. The lowest BCUT2D eigenvalue weighted by Crippen LogP contribution is -2.24. The van der Waals surface area contributed by atoms with Gasteiger partial charge in [-0.05, 0) is 67.1 Å². The zero-order chi connectivity index (χ0) is 23.0. The number of hydrogen-bond acceptors (Lipinski definition) is 4. The second kappa shape index (κ2) is 8.54. The minimum atomic E-state index is -3.81. The topological polar surface area (TPSA) is 89.7 Å². The predicted octanol–water partition coefficient (Wildman–Crippen LogP) is 4.75. The van der Waals surface area contributed by atoms with Crippen molar-refractivity contribution in [1.82, 2.24) is 0 Å². The van der Waals surface area contributed by atoms with E-state index in [0.717, 1.165) is 5.56 Å². The summed E-state index contributed by atoms with van der Waals surface area (Å²) in [5.41, 5.74) is 1.83. The third-order valence-electron chi connectivity index (χ3n) is 5.37. The van der Waals surface area contributed by atoms with Crippen molar-refractivity contribution in [3.63, 3.8) is 0 Å². The summed E-state index contributed by atoms with van der Waals surface area (Å²) in [5.74, 6) is 0.361. The van der Waals surface area contributed by atoms with Crippen LogP contribution >= 0.6 is 11.6 Å². The maximum atomic E-state index is 13.6. The maximum absolute atomic E-state index is 13.6. The Morgan fingerprint density at radius 1 is 1.09 bits per heavy atom.